The number of carbonyl (C=O) groups is 2. The number of ether oxygens (including phenoxy) is 1. The molecule has 6 heteroatoms. The fourth-order valence-corrected chi connectivity index (χ4v) is 2.48. The van der Waals surface area contributed by atoms with Gasteiger partial charge in [0, 0.05) is 12.5 Å². The molecule has 2 heterocycles. The number of furan rings is 1. The van der Waals surface area contributed by atoms with Crippen LogP contribution in [0.15, 0.2) is 41.0 Å². The molecule has 0 aliphatic carbocycles. The van der Waals surface area contributed by atoms with Crippen molar-refractivity contribution in [3.63, 3.8) is 0 Å². The Hall–Kier alpha value is -2.76. The van der Waals surface area contributed by atoms with Crippen molar-refractivity contribution in [3.8, 4) is 5.75 Å². The number of anilines is 1. The molecule has 1 atom stereocenters. The zero-order chi connectivity index (χ0) is 16.2. The van der Waals surface area contributed by atoms with E-state index in [2.05, 4.69) is 10.6 Å². The lowest BCUT2D eigenvalue weighted by atomic mass is 10.1. The van der Waals surface area contributed by atoms with Crippen molar-refractivity contribution in [2.24, 2.45) is 0 Å². The molecule has 23 heavy (non-hydrogen) atoms. The van der Waals surface area contributed by atoms with Gasteiger partial charge in [-0.2, -0.15) is 0 Å². The van der Waals surface area contributed by atoms with Gasteiger partial charge < -0.3 is 19.8 Å². The Bertz CT molecular complexity index is 709. The lowest BCUT2D eigenvalue weighted by Crippen LogP contribution is -2.34. The highest BCUT2D eigenvalue weighted by molar-refractivity contribution is 6.03. The van der Waals surface area contributed by atoms with Crippen molar-refractivity contribution >= 4 is 17.5 Å². The summed E-state index contributed by atoms with van der Waals surface area (Å²) in [5.74, 6) is 0.879. The first-order chi connectivity index (χ1) is 11.1. The van der Waals surface area contributed by atoms with Crippen molar-refractivity contribution in [1.82, 2.24) is 5.32 Å². The Morgan fingerprint density at radius 3 is 3.00 bits per heavy atom. The van der Waals surface area contributed by atoms with Crippen LogP contribution < -0.4 is 15.4 Å². The molecule has 120 valence electrons. The first-order valence-corrected chi connectivity index (χ1v) is 7.52. The van der Waals surface area contributed by atoms with Crippen LogP contribution in [0.25, 0.3) is 0 Å². The first-order valence-electron chi connectivity index (χ1n) is 7.52. The molecule has 0 radical (unpaired) electrons. The van der Waals surface area contributed by atoms with Crippen LogP contribution in [-0.2, 0) is 11.2 Å². The third-order valence-electron chi connectivity index (χ3n) is 3.66. The van der Waals surface area contributed by atoms with Gasteiger partial charge in [0.15, 0.2) is 12.4 Å². The van der Waals surface area contributed by atoms with Gasteiger partial charge in [0.05, 0.1) is 17.5 Å². The van der Waals surface area contributed by atoms with Gasteiger partial charge in [0.25, 0.3) is 11.8 Å². The fraction of sp³-hybridized carbons (Fsp3) is 0.294. The predicted octanol–water partition coefficient (Wildman–Crippen LogP) is 2.36. The van der Waals surface area contributed by atoms with Crippen LogP contribution in [0.4, 0.5) is 5.69 Å². The van der Waals surface area contributed by atoms with E-state index in [0.29, 0.717) is 17.0 Å². The molecule has 0 unspecified atom stereocenters. The summed E-state index contributed by atoms with van der Waals surface area (Å²) >= 11 is 0. The molecule has 1 aliphatic rings. The van der Waals surface area contributed by atoms with Gasteiger partial charge in [-0.15, -0.1) is 0 Å². The van der Waals surface area contributed by atoms with E-state index >= 15 is 0 Å². The zero-order valence-electron chi connectivity index (χ0n) is 12.8. The van der Waals surface area contributed by atoms with Gasteiger partial charge in [-0.1, -0.05) is 6.07 Å². The molecule has 0 saturated heterocycles. The van der Waals surface area contributed by atoms with Gasteiger partial charge in [-0.3, -0.25) is 9.59 Å². The molecule has 1 aromatic carbocycles. The van der Waals surface area contributed by atoms with Crippen LogP contribution in [-0.4, -0.2) is 24.5 Å². The van der Waals surface area contributed by atoms with Crippen molar-refractivity contribution in [2.75, 3.05) is 11.9 Å². The Balaban J connectivity index is 1.64. The third-order valence-corrected chi connectivity index (χ3v) is 3.66. The van der Waals surface area contributed by atoms with Crippen LogP contribution in [0.2, 0.25) is 0 Å². The molecule has 2 N–H and O–H groups in total. The largest absolute Gasteiger partial charge is 0.481 e. The summed E-state index contributed by atoms with van der Waals surface area (Å²) < 4.78 is 10.7. The number of fused-ring (bicyclic) bond motifs is 1. The first kappa shape index (κ1) is 15.1. The molecule has 1 aromatic heterocycles. The molecule has 2 amide bonds. The minimum absolute atomic E-state index is 0.0124. The molecule has 1 aliphatic heterocycles. The van der Waals surface area contributed by atoms with Gasteiger partial charge in [0.2, 0.25) is 0 Å². The minimum Gasteiger partial charge on any atom is -0.481 e. The number of hydrogen-bond acceptors (Lipinski definition) is 4. The molecule has 0 saturated carbocycles. The number of aryl methyl sites for hydroxylation is 1. The number of rotatable bonds is 5. The van der Waals surface area contributed by atoms with E-state index in [9.17, 15) is 9.59 Å². The monoisotopic (exact) mass is 314 g/mol. The van der Waals surface area contributed by atoms with Crippen LogP contribution in [0.5, 0.6) is 5.75 Å². The van der Waals surface area contributed by atoms with Crippen LogP contribution >= 0.6 is 0 Å². The number of hydrogen-bond donors (Lipinski definition) is 2. The van der Waals surface area contributed by atoms with Gasteiger partial charge in [-0.25, -0.2) is 0 Å². The molecular formula is C17H18N2O4. The van der Waals surface area contributed by atoms with E-state index in [1.807, 2.05) is 19.1 Å². The second kappa shape index (κ2) is 6.56. The minimum atomic E-state index is -0.220. The summed E-state index contributed by atoms with van der Waals surface area (Å²) in [6.07, 6.45) is 3.17. The van der Waals surface area contributed by atoms with E-state index in [0.717, 1.165) is 18.6 Å². The maximum atomic E-state index is 12.4. The molecule has 3 rings (SSSR count). The smallest absolute Gasteiger partial charge is 0.262 e. The highest BCUT2D eigenvalue weighted by atomic mass is 16.5. The van der Waals surface area contributed by atoms with Crippen LogP contribution in [0.1, 0.15) is 29.5 Å². The highest BCUT2D eigenvalue weighted by Crippen LogP contribution is 2.31. The summed E-state index contributed by atoms with van der Waals surface area (Å²) in [6, 6.07) is 8.87. The quantitative estimate of drug-likeness (QED) is 0.888. The predicted molar refractivity (Wildman–Crippen MR) is 84.5 cm³/mol. The van der Waals surface area contributed by atoms with Gasteiger partial charge in [-0.05, 0) is 37.6 Å². The average molecular weight is 314 g/mol. The maximum Gasteiger partial charge on any atom is 0.262 e. The summed E-state index contributed by atoms with van der Waals surface area (Å²) in [7, 11) is 0. The second-order valence-electron chi connectivity index (χ2n) is 5.51. The zero-order valence-corrected chi connectivity index (χ0v) is 12.8. The molecule has 0 spiro atoms. The highest BCUT2D eigenvalue weighted by Gasteiger charge is 2.23. The number of para-hydroxylation sites is 1. The third kappa shape index (κ3) is 3.53. The topological polar surface area (TPSA) is 80.6 Å². The summed E-state index contributed by atoms with van der Waals surface area (Å²) in [5, 5.41) is 5.64. The standard InChI is InChI=1S/C17H18N2O4/c1-11(7-8-12-4-3-9-22-12)18-17(21)13-5-2-6-14-16(13)23-10-15(20)19-14/h2-6,9,11H,7-8,10H2,1H3,(H,18,21)(H,19,20)/t11-/m0/s1. The lowest BCUT2D eigenvalue weighted by molar-refractivity contribution is -0.118. The molecule has 0 fully saturated rings. The molecule has 2 aromatic rings. The lowest BCUT2D eigenvalue weighted by Gasteiger charge is -2.21. The van der Waals surface area contributed by atoms with E-state index in [4.69, 9.17) is 9.15 Å². The molecular weight excluding hydrogens is 296 g/mol. The Kier molecular flexibility index (Phi) is 4.32. The van der Waals surface area contributed by atoms with E-state index < -0.39 is 0 Å². The average Bonchev–Trinajstić information content (AvgIpc) is 3.05. The van der Waals surface area contributed by atoms with Gasteiger partial charge in [0.1, 0.15) is 5.76 Å². The number of carbonyl (C=O) groups excluding carboxylic acids is 2. The fourth-order valence-electron chi connectivity index (χ4n) is 2.48. The van der Waals surface area contributed by atoms with Crippen molar-refractivity contribution < 1.29 is 18.7 Å². The van der Waals surface area contributed by atoms with E-state index in [1.54, 1.807) is 24.5 Å². The second-order valence-corrected chi connectivity index (χ2v) is 5.51. The molecule has 0 bridgehead atoms. The van der Waals surface area contributed by atoms with E-state index in [1.165, 1.54) is 0 Å². The Morgan fingerprint density at radius 1 is 1.35 bits per heavy atom. The maximum absolute atomic E-state index is 12.4. The van der Waals surface area contributed by atoms with Crippen molar-refractivity contribution in [3.05, 3.63) is 47.9 Å². The summed E-state index contributed by atoms with van der Waals surface area (Å²) in [6.45, 7) is 1.87. The number of benzene rings is 1. The summed E-state index contributed by atoms with van der Waals surface area (Å²) in [5.41, 5.74) is 0.949. The normalized spacial score (nSPS) is 14.4. The van der Waals surface area contributed by atoms with E-state index in [-0.39, 0.29) is 24.5 Å². The Labute approximate surface area is 133 Å². The van der Waals surface area contributed by atoms with Crippen LogP contribution in [0.3, 0.4) is 0 Å². The van der Waals surface area contributed by atoms with Crippen molar-refractivity contribution in [1.29, 1.82) is 0 Å². The van der Waals surface area contributed by atoms with Gasteiger partial charge >= 0.3 is 0 Å². The van der Waals surface area contributed by atoms with Crippen LogP contribution in [0, 0.1) is 0 Å². The number of amides is 2. The summed E-state index contributed by atoms with van der Waals surface area (Å²) in [4.78, 5) is 23.8. The number of nitrogens with one attached hydrogen (secondary N) is 2. The molecule has 6 nitrogen and oxygen atoms in total. The SMILES string of the molecule is C[C@@H](CCc1ccco1)NC(=O)c1cccc2c1OCC(=O)N2. The Morgan fingerprint density at radius 2 is 2.22 bits per heavy atom. The van der Waals surface area contributed by atoms with Crippen molar-refractivity contribution in [2.45, 2.75) is 25.8 Å².